The summed E-state index contributed by atoms with van der Waals surface area (Å²) in [5.41, 5.74) is 5.26. The molecule has 16 heavy (non-hydrogen) atoms. The Kier molecular flexibility index (Phi) is 6.65. The van der Waals surface area contributed by atoms with Crippen molar-refractivity contribution < 1.29 is 30.0 Å². The number of rotatable bonds is 1. The Hall–Kier alpha value is -0.570. The van der Waals surface area contributed by atoms with E-state index in [1.54, 1.807) is 0 Å². The molecule has 1 fully saturated rings. The first-order valence-electron chi connectivity index (χ1n) is 4.84. The predicted molar refractivity (Wildman–Crippen MR) is 54.3 cm³/mol. The van der Waals surface area contributed by atoms with Gasteiger partial charge in [0, 0.05) is 0 Å². The summed E-state index contributed by atoms with van der Waals surface area (Å²) in [7, 11) is 0. The third kappa shape index (κ3) is 4.52. The van der Waals surface area contributed by atoms with Crippen LogP contribution in [0.3, 0.4) is 0 Å². The Morgan fingerprint density at radius 2 is 1.69 bits per heavy atom. The standard InChI is InChI=1S/C6H13NO5.C3H6O/c7-3-5(10)4(9)2(1-8)12-6(3)11;1-3(2)4/h2-6,8-11H,1,7H2;1-2H3/t2-,3-,4-,5-,6?;/m1./s1. The topological polar surface area (TPSA) is 133 Å². The number of nitrogens with two attached hydrogens (primary N) is 1. The molecule has 7 nitrogen and oxygen atoms in total. The molecule has 1 unspecified atom stereocenters. The molecule has 5 atom stereocenters. The van der Waals surface area contributed by atoms with Crippen molar-refractivity contribution in [2.24, 2.45) is 5.73 Å². The van der Waals surface area contributed by atoms with Gasteiger partial charge in [0.05, 0.1) is 12.6 Å². The second-order valence-corrected chi connectivity index (χ2v) is 3.71. The molecule has 1 rings (SSSR count). The fourth-order valence-corrected chi connectivity index (χ4v) is 1.12. The van der Waals surface area contributed by atoms with Crippen LogP contribution in [0.5, 0.6) is 0 Å². The van der Waals surface area contributed by atoms with Gasteiger partial charge in [0.2, 0.25) is 0 Å². The van der Waals surface area contributed by atoms with E-state index in [1.807, 2.05) is 0 Å². The molecule has 0 aliphatic carbocycles. The second-order valence-electron chi connectivity index (χ2n) is 3.71. The van der Waals surface area contributed by atoms with Crippen LogP contribution >= 0.6 is 0 Å². The first-order chi connectivity index (χ1) is 7.31. The monoisotopic (exact) mass is 237 g/mol. The van der Waals surface area contributed by atoms with Crippen LogP contribution in [-0.4, -0.2) is 63.5 Å². The van der Waals surface area contributed by atoms with Crippen molar-refractivity contribution in [1.29, 1.82) is 0 Å². The van der Waals surface area contributed by atoms with Crippen LogP contribution < -0.4 is 5.73 Å². The number of ether oxygens (including phenoxy) is 1. The molecule has 0 saturated carbocycles. The molecule has 1 saturated heterocycles. The SMILES string of the molecule is CC(C)=O.N[C@H]1C(O)O[C@H](CO)[C@@H](O)[C@@H]1O. The molecule has 0 radical (unpaired) electrons. The van der Waals surface area contributed by atoms with Crippen LogP contribution in [0.2, 0.25) is 0 Å². The number of hydrogen-bond acceptors (Lipinski definition) is 7. The van der Waals surface area contributed by atoms with Crippen molar-refractivity contribution in [2.75, 3.05) is 6.61 Å². The maximum atomic E-state index is 9.44. The smallest absolute Gasteiger partial charge is 0.173 e. The molecule has 1 aliphatic rings. The van der Waals surface area contributed by atoms with Gasteiger partial charge in [-0.15, -0.1) is 0 Å². The third-order valence-corrected chi connectivity index (χ3v) is 1.95. The molecular weight excluding hydrogens is 218 g/mol. The van der Waals surface area contributed by atoms with E-state index in [-0.39, 0.29) is 5.78 Å². The summed E-state index contributed by atoms with van der Waals surface area (Å²) in [6, 6.07) is -1.04. The molecule has 7 heteroatoms. The molecule has 6 N–H and O–H groups in total. The van der Waals surface area contributed by atoms with Crippen molar-refractivity contribution in [2.45, 2.75) is 44.5 Å². The molecule has 1 aliphatic heterocycles. The lowest BCUT2D eigenvalue weighted by Gasteiger charge is -2.38. The minimum Gasteiger partial charge on any atom is -0.394 e. The van der Waals surface area contributed by atoms with Gasteiger partial charge in [-0.05, 0) is 13.8 Å². The molecule has 0 amide bonds. The van der Waals surface area contributed by atoms with Crippen molar-refractivity contribution in [3.05, 3.63) is 0 Å². The Morgan fingerprint density at radius 3 is 2.06 bits per heavy atom. The number of carbonyl (C=O) groups excluding carboxylic acids is 1. The van der Waals surface area contributed by atoms with Gasteiger partial charge in [0.25, 0.3) is 0 Å². The van der Waals surface area contributed by atoms with Crippen molar-refractivity contribution in [3.8, 4) is 0 Å². The summed E-state index contributed by atoms with van der Waals surface area (Å²) < 4.78 is 4.70. The van der Waals surface area contributed by atoms with Gasteiger partial charge in [-0.1, -0.05) is 0 Å². The minimum atomic E-state index is -1.35. The Balaban J connectivity index is 0.000000487. The van der Waals surface area contributed by atoms with Crippen LogP contribution in [0.25, 0.3) is 0 Å². The number of hydrogen-bond donors (Lipinski definition) is 5. The van der Waals surface area contributed by atoms with Gasteiger partial charge in [-0.25, -0.2) is 0 Å². The Morgan fingerprint density at radius 1 is 1.25 bits per heavy atom. The molecule has 0 aromatic heterocycles. The summed E-state index contributed by atoms with van der Waals surface area (Å²) in [6.45, 7) is 2.59. The highest BCUT2D eigenvalue weighted by molar-refractivity contribution is 5.72. The van der Waals surface area contributed by atoms with E-state index in [4.69, 9.17) is 20.7 Å². The number of ketones is 1. The summed E-state index contributed by atoms with van der Waals surface area (Å²) in [5.74, 6) is 0.167. The minimum absolute atomic E-state index is 0.167. The summed E-state index contributed by atoms with van der Waals surface area (Å²) in [5, 5.41) is 36.1. The maximum absolute atomic E-state index is 9.44. The average Bonchev–Trinajstić information content (AvgIpc) is 2.19. The number of carbonyl (C=O) groups is 1. The van der Waals surface area contributed by atoms with Gasteiger partial charge >= 0.3 is 0 Å². The lowest BCUT2D eigenvalue weighted by Crippen LogP contribution is -2.61. The zero-order valence-corrected chi connectivity index (χ0v) is 9.28. The molecule has 0 spiro atoms. The van der Waals surface area contributed by atoms with E-state index in [0.717, 1.165) is 0 Å². The lowest BCUT2D eigenvalue weighted by atomic mass is 9.98. The first-order valence-corrected chi connectivity index (χ1v) is 4.84. The number of Topliss-reactive ketones (excluding diaryl/α,β-unsaturated/α-hetero) is 1. The summed E-state index contributed by atoms with van der Waals surface area (Å²) in [6.07, 6.45) is -4.85. The summed E-state index contributed by atoms with van der Waals surface area (Å²) >= 11 is 0. The fraction of sp³-hybridized carbons (Fsp3) is 0.889. The molecule has 0 aromatic rings. The number of aliphatic hydroxyl groups is 4. The van der Waals surface area contributed by atoms with Gasteiger partial charge in [-0.2, -0.15) is 0 Å². The van der Waals surface area contributed by atoms with Crippen molar-refractivity contribution >= 4 is 5.78 Å². The van der Waals surface area contributed by atoms with Crippen LogP contribution in [0.4, 0.5) is 0 Å². The van der Waals surface area contributed by atoms with E-state index in [9.17, 15) is 15.0 Å². The van der Waals surface area contributed by atoms with Gasteiger partial charge in [0.1, 0.15) is 24.1 Å². The Bertz CT molecular complexity index is 215. The van der Waals surface area contributed by atoms with Crippen LogP contribution in [0.15, 0.2) is 0 Å². The molecule has 0 bridgehead atoms. The summed E-state index contributed by atoms with van der Waals surface area (Å²) in [4.78, 5) is 9.44. The highest BCUT2D eigenvalue weighted by Crippen LogP contribution is 2.17. The van der Waals surface area contributed by atoms with Crippen LogP contribution in [0.1, 0.15) is 13.8 Å². The van der Waals surface area contributed by atoms with E-state index in [0.29, 0.717) is 0 Å². The number of aliphatic hydroxyl groups excluding tert-OH is 4. The molecule has 0 aromatic carbocycles. The molecular formula is C9H19NO6. The average molecular weight is 237 g/mol. The zero-order valence-electron chi connectivity index (χ0n) is 9.28. The normalized spacial score (nSPS) is 38.6. The highest BCUT2D eigenvalue weighted by atomic mass is 16.6. The van der Waals surface area contributed by atoms with E-state index >= 15 is 0 Å². The molecule has 1 heterocycles. The van der Waals surface area contributed by atoms with Gasteiger partial charge in [0.15, 0.2) is 6.29 Å². The van der Waals surface area contributed by atoms with Crippen molar-refractivity contribution in [3.63, 3.8) is 0 Å². The fourth-order valence-electron chi connectivity index (χ4n) is 1.12. The van der Waals surface area contributed by atoms with Crippen molar-refractivity contribution in [1.82, 2.24) is 0 Å². The van der Waals surface area contributed by atoms with Crippen LogP contribution in [-0.2, 0) is 9.53 Å². The van der Waals surface area contributed by atoms with Gasteiger partial charge < -0.3 is 35.7 Å². The second kappa shape index (κ2) is 6.89. The largest absolute Gasteiger partial charge is 0.394 e. The van der Waals surface area contributed by atoms with Gasteiger partial charge in [-0.3, -0.25) is 0 Å². The third-order valence-electron chi connectivity index (χ3n) is 1.95. The lowest BCUT2D eigenvalue weighted by molar-refractivity contribution is -0.248. The van der Waals surface area contributed by atoms with Crippen LogP contribution in [0, 0.1) is 0 Å². The highest BCUT2D eigenvalue weighted by Gasteiger charge is 2.41. The van der Waals surface area contributed by atoms with E-state index in [1.165, 1.54) is 13.8 Å². The van der Waals surface area contributed by atoms with E-state index in [2.05, 4.69) is 0 Å². The maximum Gasteiger partial charge on any atom is 0.173 e. The van der Waals surface area contributed by atoms with E-state index < -0.39 is 37.3 Å². The predicted octanol–water partition coefficient (Wildman–Crippen LogP) is -2.66. The first kappa shape index (κ1) is 15.4. The Labute approximate surface area is 93.5 Å². The molecule has 96 valence electrons. The quantitative estimate of drug-likeness (QED) is 0.336. The zero-order chi connectivity index (χ0) is 12.9.